The van der Waals surface area contributed by atoms with Crippen molar-refractivity contribution in [3.05, 3.63) is 42.5 Å². The molecule has 0 aromatic heterocycles. The Morgan fingerprint density at radius 1 is 1.09 bits per heavy atom. The van der Waals surface area contributed by atoms with Crippen LogP contribution in [0.2, 0.25) is 0 Å². The van der Waals surface area contributed by atoms with E-state index in [0.717, 1.165) is 0 Å². The minimum Gasteiger partial charge on any atom is -0.493 e. The Morgan fingerprint density at radius 2 is 1.83 bits per heavy atom. The molecule has 1 amide bonds. The standard InChI is InChI=1S/C17H17NO5/c1-20-13-4-2-3-5-14(13)23-11-17(19)18-12-6-7-15-16(10-12)22-9-8-21-15/h2-7,10H,8-9,11H2,1H3,(H,18,19). The first kappa shape index (κ1) is 15.0. The van der Waals surface area contributed by atoms with E-state index < -0.39 is 0 Å². The average molecular weight is 315 g/mol. The molecule has 0 fully saturated rings. The molecule has 1 heterocycles. The lowest BCUT2D eigenvalue weighted by Gasteiger charge is -2.19. The monoisotopic (exact) mass is 315 g/mol. The molecule has 1 aliphatic heterocycles. The van der Waals surface area contributed by atoms with Gasteiger partial charge in [-0.05, 0) is 24.3 Å². The van der Waals surface area contributed by atoms with Crippen LogP contribution in [-0.4, -0.2) is 32.8 Å². The summed E-state index contributed by atoms with van der Waals surface area (Å²) in [4.78, 5) is 12.0. The molecule has 0 atom stereocenters. The predicted octanol–water partition coefficient (Wildman–Crippen LogP) is 2.48. The average Bonchev–Trinajstić information content (AvgIpc) is 2.60. The topological polar surface area (TPSA) is 66.0 Å². The summed E-state index contributed by atoms with van der Waals surface area (Å²) >= 11 is 0. The van der Waals surface area contributed by atoms with Crippen molar-refractivity contribution in [1.29, 1.82) is 0 Å². The minimum atomic E-state index is -0.271. The van der Waals surface area contributed by atoms with Crippen LogP contribution >= 0.6 is 0 Å². The second-order valence-corrected chi connectivity index (χ2v) is 4.85. The first-order valence-corrected chi connectivity index (χ1v) is 7.21. The molecule has 23 heavy (non-hydrogen) atoms. The van der Waals surface area contributed by atoms with E-state index in [-0.39, 0.29) is 12.5 Å². The molecule has 6 nitrogen and oxygen atoms in total. The van der Waals surface area contributed by atoms with Gasteiger partial charge in [0.25, 0.3) is 5.91 Å². The van der Waals surface area contributed by atoms with Gasteiger partial charge in [0, 0.05) is 11.8 Å². The zero-order valence-electron chi connectivity index (χ0n) is 12.7. The molecule has 3 rings (SSSR count). The van der Waals surface area contributed by atoms with Gasteiger partial charge in [-0.25, -0.2) is 0 Å². The summed E-state index contributed by atoms with van der Waals surface area (Å²) in [6, 6.07) is 12.4. The van der Waals surface area contributed by atoms with E-state index in [1.165, 1.54) is 0 Å². The SMILES string of the molecule is COc1ccccc1OCC(=O)Nc1ccc2c(c1)OCCO2. The molecule has 0 bridgehead atoms. The normalized spacial score (nSPS) is 12.4. The first-order valence-electron chi connectivity index (χ1n) is 7.21. The number of carbonyl (C=O) groups is 1. The number of carbonyl (C=O) groups excluding carboxylic acids is 1. The number of methoxy groups -OCH3 is 1. The Bertz CT molecular complexity index is 701. The van der Waals surface area contributed by atoms with E-state index in [1.54, 1.807) is 37.4 Å². The van der Waals surface area contributed by atoms with Crippen LogP contribution in [0.15, 0.2) is 42.5 Å². The van der Waals surface area contributed by atoms with Crippen LogP contribution in [0.1, 0.15) is 0 Å². The lowest BCUT2D eigenvalue weighted by molar-refractivity contribution is -0.118. The summed E-state index contributed by atoms with van der Waals surface area (Å²) < 4.78 is 21.6. The van der Waals surface area contributed by atoms with Gasteiger partial charge in [-0.2, -0.15) is 0 Å². The van der Waals surface area contributed by atoms with Gasteiger partial charge >= 0.3 is 0 Å². The second kappa shape index (κ2) is 6.91. The van der Waals surface area contributed by atoms with Gasteiger partial charge in [0.05, 0.1) is 7.11 Å². The summed E-state index contributed by atoms with van der Waals surface area (Å²) in [5.41, 5.74) is 0.628. The van der Waals surface area contributed by atoms with E-state index in [9.17, 15) is 4.79 Å². The summed E-state index contributed by atoms with van der Waals surface area (Å²) in [7, 11) is 1.55. The number of fused-ring (bicyclic) bond motifs is 1. The number of hydrogen-bond acceptors (Lipinski definition) is 5. The van der Waals surface area contributed by atoms with Crippen LogP contribution in [0.5, 0.6) is 23.0 Å². The van der Waals surface area contributed by atoms with Crippen LogP contribution in [-0.2, 0) is 4.79 Å². The van der Waals surface area contributed by atoms with E-state index in [4.69, 9.17) is 18.9 Å². The molecule has 6 heteroatoms. The van der Waals surface area contributed by atoms with E-state index >= 15 is 0 Å². The number of amides is 1. The molecular formula is C17H17NO5. The predicted molar refractivity (Wildman–Crippen MR) is 84.6 cm³/mol. The number of nitrogens with one attached hydrogen (secondary N) is 1. The molecule has 2 aromatic rings. The van der Waals surface area contributed by atoms with Gasteiger partial charge in [-0.15, -0.1) is 0 Å². The smallest absolute Gasteiger partial charge is 0.262 e. The first-order chi connectivity index (χ1) is 11.3. The third-order valence-electron chi connectivity index (χ3n) is 3.25. The highest BCUT2D eigenvalue weighted by Gasteiger charge is 2.13. The highest BCUT2D eigenvalue weighted by Crippen LogP contribution is 2.32. The fourth-order valence-electron chi connectivity index (χ4n) is 2.20. The Labute approximate surface area is 133 Å². The molecule has 0 radical (unpaired) electrons. The fourth-order valence-corrected chi connectivity index (χ4v) is 2.20. The molecule has 0 saturated carbocycles. The number of para-hydroxylation sites is 2. The maximum Gasteiger partial charge on any atom is 0.262 e. The molecule has 120 valence electrons. The molecule has 0 spiro atoms. The summed E-state index contributed by atoms with van der Waals surface area (Å²) in [5.74, 6) is 2.14. The number of hydrogen-bond donors (Lipinski definition) is 1. The number of rotatable bonds is 5. The van der Waals surface area contributed by atoms with Crippen LogP contribution in [0.25, 0.3) is 0 Å². The molecule has 1 N–H and O–H groups in total. The summed E-state index contributed by atoms with van der Waals surface area (Å²) in [5, 5.41) is 2.76. The Morgan fingerprint density at radius 3 is 2.61 bits per heavy atom. The quantitative estimate of drug-likeness (QED) is 0.918. The minimum absolute atomic E-state index is 0.116. The van der Waals surface area contributed by atoms with Crippen LogP contribution in [0.3, 0.4) is 0 Å². The van der Waals surface area contributed by atoms with Gasteiger partial charge in [0.15, 0.2) is 29.6 Å². The zero-order valence-corrected chi connectivity index (χ0v) is 12.7. The lowest BCUT2D eigenvalue weighted by Crippen LogP contribution is -2.21. The van der Waals surface area contributed by atoms with Crippen molar-refractivity contribution in [3.8, 4) is 23.0 Å². The van der Waals surface area contributed by atoms with Crippen LogP contribution in [0.4, 0.5) is 5.69 Å². The zero-order chi connectivity index (χ0) is 16.1. The maximum absolute atomic E-state index is 12.0. The molecule has 2 aromatic carbocycles. The van der Waals surface area contributed by atoms with Crippen LogP contribution in [0, 0.1) is 0 Å². The van der Waals surface area contributed by atoms with Gasteiger partial charge in [0.1, 0.15) is 13.2 Å². The van der Waals surface area contributed by atoms with Crippen molar-refractivity contribution in [2.75, 3.05) is 32.2 Å². The van der Waals surface area contributed by atoms with Gasteiger partial charge in [-0.3, -0.25) is 4.79 Å². The Hall–Kier alpha value is -2.89. The van der Waals surface area contributed by atoms with Gasteiger partial charge in [0.2, 0.25) is 0 Å². The molecule has 1 aliphatic rings. The van der Waals surface area contributed by atoms with Crippen molar-refractivity contribution in [2.24, 2.45) is 0 Å². The van der Waals surface area contributed by atoms with Crippen molar-refractivity contribution in [1.82, 2.24) is 0 Å². The Balaban J connectivity index is 1.59. The van der Waals surface area contributed by atoms with E-state index in [2.05, 4.69) is 5.32 Å². The number of ether oxygens (including phenoxy) is 4. The van der Waals surface area contributed by atoms with Crippen molar-refractivity contribution in [3.63, 3.8) is 0 Å². The fraction of sp³-hybridized carbons (Fsp3) is 0.235. The highest BCUT2D eigenvalue weighted by molar-refractivity contribution is 5.92. The molecule has 0 aliphatic carbocycles. The van der Waals surface area contributed by atoms with Gasteiger partial charge < -0.3 is 24.3 Å². The Kier molecular flexibility index (Phi) is 4.52. The number of anilines is 1. The third-order valence-corrected chi connectivity index (χ3v) is 3.25. The van der Waals surface area contributed by atoms with E-state index in [1.807, 2.05) is 12.1 Å². The highest BCUT2D eigenvalue weighted by atomic mass is 16.6. The van der Waals surface area contributed by atoms with Crippen molar-refractivity contribution in [2.45, 2.75) is 0 Å². The van der Waals surface area contributed by atoms with Crippen LogP contribution < -0.4 is 24.3 Å². The summed E-state index contributed by atoms with van der Waals surface area (Å²) in [6.07, 6.45) is 0. The van der Waals surface area contributed by atoms with E-state index in [0.29, 0.717) is 41.9 Å². The van der Waals surface area contributed by atoms with Crippen molar-refractivity contribution >= 4 is 11.6 Å². The lowest BCUT2D eigenvalue weighted by atomic mass is 10.2. The molecular weight excluding hydrogens is 298 g/mol. The molecule has 0 saturated heterocycles. The number of benzene rings is 2. The van der Waals surface area contributed by atoms with Gasteiger partial charge in [-0.1, -0.05) is 12.1 Å². The molecule has 0 unspecified atom stereocenters. The largest absolute Gasteiger partial charge is 0.493 e. The van der Waals surface area contributed by atoms with Crippen molar-refractivity contribution < 1.29 is 23.7 Å². The second-order valence-electron chi connectivity index (χ2n) is 4.85. The third kappa shape index (κ3) is 3.66. The summed E-state index contributed by atoms with van der Waals surface area (Å²) in [6.45, 7) is 0.918. The maximum atomic E-state index is 12.0.